The first-order chi connectivity index (χ1) is 6.27. The largest absolute Gasteiger partial charge is 0.373 e. The lowest BCUT2D eigenvalue weighted by atomic mass is 10.1. The average Bonchev–Trinajstić information content (AvgIpc) is 2.56. The van der Waals surface area contributed by atoms with Crippen molar-refractivity contribution < 1.29 is 9.13 Å². The lowest BCUT2D eigenvalue weighted by Crippen LogP contribution is -1.97. The minimum Gasteiger partial charge on any atom is -0.373 e. The van der Waals surface area contributed by atoms with Crippen molar-refractivity contribution in [2.45, 2.75) is 18.9 Å². The van der Waals surface area contributed by atoms with Gasteiger partial charge in [-0.05, 0) is 30.5 Å². The van der Waals surface area contributed by atoms with Gasteiger partial charge in [0.1, 0.15) is 5.82 Å². The predicted octanol–water partition coefficient (Wildman–Crippen LogP) is 3.44. The van der Waals surface area contributed by atoms with Crippen LogP contribution in [-0.2, 0) is 4.74 Å². The highest BCUT2D eigenvalue weighted by Crippen LogP contribution is 2.33. The summed E-state index contributed by atoms with van der Waals surface area (Å²) in [6.45, 7) is 0.814. The zero-order valence-electron chi connectivity index (χ0n) is 7.09. The third-order valence-corrected chi connectivity index (χ3v) is 2.93. The van der Waals surface area contributed by atoms with Gasteiger partial charge in [-0.25, -0.2) is 4.39 Å². The molecule has 1 unspecified atom stereocenters. The van der Waals surface area contributed by atoms with Crippen molar-refractivity contribution in [2.24, 2.45) is 0 Å². The van der Waals surface area contributed by atoms with E-state index in [0.29, 0.717) is 0 Å². The fraction of sp³-hybridized carbons (Fsp3) is 0.400. The molecule has 13 heavy (non-hydrogen) atoms. The summed E-state index contributed by atoms with van der Waals surface area (Å²) in [5.74, 6) is -0.214. The molecule has 1 aliphatic rings. The molecule has 0 spiro atoms. The number of benzene rings is 1. The zero-order chi connectivity index (χ0) is 9.26. The zero-order valence-corrected chi connectivity index (χ0v) is 8.68. The van der Waals surface area contributed by atoms with Gasteiger partial charge in [-0.3, -0.25) is 0 Å². The van der Waals surface area contributed by atoms with Crippen LogP contribution in [0.5, 0.6) is 0 Å². The summed E-state index contributed by atoms with van der Waals surface area (Å²) >= 11 is 3.34. The summed E-state index contributed by atoms with van der Waals surface area (Å²) < 4.78 is 19.1. The van der Waals surface area contributed by atoms with E-state index in [-0.39, 0.29) is 11.9 Å². The van der Waals surface area contributed by atoms with Crippen LogP contribution in [0.3, 0.4) is 0 Å². The van der Waals surface area contributed by atoms with E-state index in [1.165, 1.54) is 12.1 Å². The van der Waals surface area contributed by atoms with Gasteiger partial charge in [0, 0.05) is 11.1 Å². The highest BCUT2D eigenvalue weighted by molar-refractivity contribution is 9.10. The minimum absolute atomic E-state index is 0.148. The predicted molar refractivity (Wildman–Crippen MR) is 52.0 cm³/mol. The van der Waals surface area contributed by atoms with Crippen LogP contribution in [-0.4, -0.2) is 6.61 Å². The van der Waals surface area contributed by atoms with Crippen molar-refractivity contribution in [3.8, 4) is 0 Å². The fourth-order valence-electron chi connectivity index (χ4n) is 1.59. The molecule has 0 aromatic heterocycles. The number of halogens is 2. The molecular weight excluding hydrogens is 235 g/mol. The van der Waals surface area contributed by atoms with Gasteiger partial charge in [0.2, 0.25) is 0 Å². The van der Waals surface area contributed by atoms with E-state index < -0.39 is 0 Å². The Morgan fingerprint density at radius 3 is 2.92 bits per heavy atom. The molecule has 1 nitrogen and oxygen atoms in total. The van der Waals surface area contributed by atoms with Gasteiger partial charge in [-0.1, -0.05) is 22.0 Å². The van der Waals surface area contributed by atoms with E-state index >= 15 is 0 Å². The molecule has 0 aliphatic carbocycles. The number of ether oxygens (including phenoxy) is 1. The second-order valence-electron chi connectivity index (χ2n) is 3.17. The summed E-state index contributed by atoms with van der Waals surface area (Å²) in [4.78, 5) is 0. The topological polar surface area (TPSA) is 9.23 Å². The Hall–Kier alpha value is -0.410. The van der Waals surface area contributed by atoms with Gasteiger partial charge >= 0.3 is 0 Å². The minimum atomic E-state index is -0.214. The van der Waals surface area contributed by atoms with Crippen molar-refractivity contribution in [1.29, 1.82) is 0 Å². The Labute approximate surface area is 85.0 Å². The summed E-state index contributed by atoms with van der Waals surface area (Å²) in [5, 5.41) is 0. The number of hydrogen-bond acceptors (Lipinski definition) is 1. The van der Waals surface area contributed by atoms with Crippen molar-refractivity contribution >= 4 is 15.9 Å². The van der Waals surface area contributed by atoms with Crippen molar-refractivity contribution in [1.82, 2.24) is 0 Å². The summed E-state index contributed by atoms with van der Waals surface area (Å²) in [6.07, 6.45) is 2.27. The van der Waals surface area contributed by atoms with Crippen molar-refractivity contribution in [2.75, 3.05) is 6.61 Å². The van der Waals surface area contributed by atoms with Crippen LogP contribution in [0.4, 0.5) is 4.39 Å². The van der Waals surface area contributed by atoms with Crippen LogP contribution >= 0.6 is 15.9 Å². The second kappa shape index (κ2) is 3.76. The molecule has 1 aliphatic heterocycles. The summed E-state index contributed by atoms with van der Waals surface area (Å²) in [6, 6.07) is 4.74. The third kappa shape index (κ3) is 1.92. The Morgan fingerprint density at radius 1 is 1.46 bits per heavy atom. The first-order valence-electron chi connectivity index (χ1n) is 4.34. The maximum absolute atomic E-state index is 12.8. The first kappa shape index (κ1) is 9.16. The first-order valence-corrected chi connectivity index (χ1v) is 5.13. The molecule has 2 rings (SSSR count). The standard InChI is InChI=1S/C10H10BrFO/c11-9-6-7(12)3-4-8(9)10-2-1-5-13-10/h3-4,6,10H,1-2,5H2. The van der Waals surface area contributed by atoms with E-state index in [1.54, 1.807) is 6.07 Å². The van der Waals surface area contributed by atoms with Gasteiger partial charge in [0.15, 0.2) is 0 Å². The lowest BCUT2D eigenvalue weighted by molar-refractivity contribution is 0.111. The molecule has 0 amide bonds. The molecule has 1 saturated heterocycles. The van der Waals surface area contributed by atoms with Gasteiger partial charge in [-0.15, -0.1) is 0 Å². The molecule has 1 atom stereocenters. The molecule has 1 fully saturated rings. The molecule has 0 N–H and O–H groups in total. The average molecular weight is 245 g/mol. The second-order valence-corrected chi connectivity index (χ2v) is 4.02. The van der Waals surface area contributed by atoms with E-state index in [9.17, 15) is 4.39 Å². The van der Waals surface area contributed by atoms with E-state index in [2.05, 4.69) is 15.9 Å². The van der Waals surface area contributed by atoms with Gasteiger partial charge in [0.05, 0.1) is 6.10 Å². The monoisotopic (exact) mass is 244 g/mol. The lowest BCUT2D eigenvalue weighted by Gasteiger charge is -2.11. The van der Waals surface area contributed by atoms with Crippen LogP contribution < -0.4 is 0 Å². The summed E-state index contributed by atoms with van der Waals surface area (Å²) in [7, 11) is 0. The van der Waals surface area contributed by atoms with Gasteiger partial charge in [-0.2, -0.15) is 0 Å². The van der Waals surface area contributed by atoms with Gasteiger partial charge in [0.25, 0.3) is 0 Å². The normalized spacial score (nSPS) is 22.2. The summed E-state index contributed by atoms with van der Waals surface area (Å²) in [5.41, 5.74) is 1.05. The van der Waals surface area contributed by atoms with Crippen LogP contribution in [0.15, 0.2) is 22.7 Å². The highest BCUT2D eigenvalue weighted by Gasteiger charge is 2.19. The molecule has 3 heteroatoms. The SMILES string of the molecule is Fc1ccc(C2CCCO2)c(Br)c1. The molecule has 0 bridgehead atoms. The number of hydrogen-bond donors (Lipinski definition) is 0. The molecule has 0 radical (unpaired) electrons. The Kier molecular flexibility index (Phi) is 2.65. The highest BCUT2D eigenvalue weighted by atomic mass is 79.9. The van der Waals surface area contributed by atoms with Gasteiger partial charge < -0.3 is 4.74 Å². The smallest absolute Gasteiger partial charge is 0.124 e. The molecule has 1 heterocycles. The number of rotatable bonds is 1. The third-order valence-electron chi connectivity index (χ3n) is 2.24. The molecular formula is C10H10BrFO. The maximum Gasteiger partial charge on any atom is 0.124 e. The van der Waals surface area contributed by atoms with Crippen LogP contribution in [0.2, 0.25) is 0 Å². The Balaban J connectivity index is 2.29. The quantitative estimate of drug-likeness (QED) is 0.736. The van der Waals surface area contributed by atoms with Crippen LogP contribution in [0.1, 0.15) is 24.5 Å². The Bertz CT molecular complexity index is 308. The van der Waals surface area contributed by atoms with E-state index in [4.69, 9.17) is 4.74 Å². The van der Waals surface area contributed by atoms with Crippen molar-refractivity contribution in [3.05, 3.63) is 34.1 Å². The van der Waals surface area contributed by atoms with E-state index in [0.717, 1.165) is 29.5 Å². The van der Waals surface area contributed by atoms with E-state index in [1.807, 2.05) is 0 Å². The molecule has 0 saturated carbocycles. The van der Waals surface area contributed by atoms with Crippen molar-refractivity contribution in [3.63, 3.8) is 0 Å². The fourth-order valence-corrected chi connectivity index (χ4v) is 2.19. The maximum atomic E-state index is 12.8. The molecule has 70 valence electrons. The molecule has 1 aromatic carbocycles. The molecule has 1 aromatic rings. The van der Waals surface area contributed by atoms with Crippen LogP contribution in [0.25, 0.3) is 0 Å². The Morgan fingerprint density at radius 2 is 2.31 bits per heavy atom. The van der Waals surface area contributed by atoms with Crippen LogP contribution in [0, 0.1) is 5.82 Å².